The molecule has 0 fully saturated rings. The maximum atomic E-state index is 5.12. The summed E-state index contributed by atoms with van der Waals surface area (Å²) in [6.45, 7) is 6.44. The van der Waals surface area contributed by atoms with Crippen LogP contribution in [0.15, 0.2) is 0 Å². The maximum Gasteiger partial charge on any atom is 3.00 e. The van der Waals surface area contributed by atoms with E-state index >= 15 is 0 Å². The maximum absolute atomic E-state index is 5.12. The van der Waals surface area contributed by atoms with Crippen LogP contribution in [0.2, 0.25) is 19.6 Å². The molecule has 0 atom stereocenters. The van der Waals surface area contributed by atoms with Gasteiger partial charge in [-0.05, 0) is 0 Å². The molecule has 0 amide bonds. The third-order valence-corrected chi connectivity index (χ3v) is 1.30. The van der Waals surface area contributed by atoms with Gasteiger partial charge in [0.2, 0.25) is 0 Å². The SMILES string of the molecule is C#C[Si](C)(C)C.[Ce+3].[Cl-].[Cl-]. The summed E-state index contributed by atoms with van der Waals surface area (Å²) in [5.41, 5.74) is 2.74. The minimum Gasteiger partial charge on any atom is -1.00 e. The summed E-state index contributed by atoms with van der Waals surface area (Å²) in [6, 6.07) is 0. The summed E-state index contributed by atoms with van der Waals surface area (Å²) in [5, 5.41) is 0. The average molecular weight is 309 g/mol. The van der Waals surface area contributed by atoms with Gasteiger partial charge in [0.25, 0.3) is 0 Å². The van der Waals surface area contributed by atoms with Crippen LogP contribution in [0, 0.1) is 53.7 Å². The molecule has 0 bridgehead atoms. The van der Waals surface area contributed by atoms with E-state index in [1.54, 1.807) is 0 Å². The molecule has 0 unspecified atom stereocenters. The minimum absolute atomic E-state index is 0. The number of halogens is 2. The van der Waals surface area contributed by atoms with Crippen LogP contribution in [0.1, 0.15) is 0 Å². The van der Waals surface area contributed by atoms with E-state index in [-0.39, 0.29) is 66.6 Å². The monoisotopic (exact) mass is 308 g/mol. The van der Waals surface area contributed by atoms with Crippen molar-refractivity contribution in [2.75, 3.05) is 0 Å². The van der Waals surface area contributed by atoms with Crippen molar-refractivity contribution >= 4 is 8.07 Å². The zero-order chi connectivity index (χ0) is 5.21. The van der Waals surface area contributed by atoms with E-state index in [2.05, 4.69) is 25.2 Å². The van der Waals surface area contributed by atoms with Gasteiger partial charge in [-0.3, -0.25) is 0 Å². The van der Waals surface area contributed by atoms with Gasteiger partial charge in [-0.15, -0.1) is 12.0 Å². The second-order valence-corrected chi connectivity index (χ2v) is 7.18. The Labute approximate surface area is 105 Å². The Balaban J connectivity index is -0.0000000417. The standard InChI is InChI=1S/C5H10Si.Ce.2ClH/c1-5-6(2,3)4;;;/h1H,2-4H3;;2*1H/q;+3;;/p-2. The van der Waals surface area contributed by atoms with Crippen LogP contribution >= 0.6 is 0 Å². The van der Waals surface area contributed by atoms with Gasteiger partial charge >= 0.3 is 41.7 Å². The molecule has 51 valence electrons. The molecule has 0 nitrogen and oxygen atoms in total. The molecule has 0 aliphatic heterocycles. The van der Waals surface area contributed by atoms with Crippen molar-refractivity contribution in [2.45, 2.75) is 19.6 Å². The molecule has 0 aromatic heterocycles. The van der Waals surface area contributed by atoms with E-state index in [9.17, 15) is 0 Å². The first-order chi connectivity index (χ1) is 2.56. The van der Waals surface area contributed by atoms with Crippen LogP contribution in [0.5, 0.6) is 0 Å². The molecule has 4 heteroatoms. The smallest absolute Gasteiger partial charge is 1.00 e. The Kier molecular flexibility index (Phi) is 24.3. The van der Waals surface area contributed by atoms with Crippen molar-refractivity contribution in [2.24, 2.45) is 0 Å². The van der Waals surface area contributed by atoms with E-state index in [0.717, 1.165) is 0 Å². The van der Waals surface area contributed by atoms with Crippen molar-refractivity contribution in [1.82, 2.24) is 0 Å². The molecule has 0 aromatic rings. The van der Waals surface area contributed by atoms with Gasteiger partial charge in [-0.1, -0.05) is 19.6 Å². The second-order valence-electron chi connectivity index (χ2n) is 2.39. The van der Waals surface area contributed by atoms with Gasteiger partial charge in [-0.2, -0.15) is 0 Å². The number of rotatable bonds is 0. The minimum atomic E-state index is -1.10. The normalized spacial score (nSPS) is 6.89. The first-order valence-electron chi connectivity index (χ1n) is 2.04. The summed E-state index contributed by atoms with van der Waals surface area (Å²) in [6.07, 6.45) is 5.12. The Morgan fingerprint density at radius 2 is 1.22 bits per heavy atom. The van der Waals surface area contributed by atoms with Gasteiger partial charge in [0.15, 0.2) is 0 Å². The van der Waals surface area contributed by atoms with E-state index < -0.39 is 8.07 Å². The van der Waals surface area contributed by atoms with Crippen molar-refractivity contribution in [3.8, 4) is 12.0 Å². The summed E-state index contributed by atoms with van der Waals surface area (Å²) >= 11 is 0. The van der Waals surface area contributed by atoms with Gasteiger partial charge in [-0.25, -0.2) is 0 Å². The van der Waals surface area contributed by atoms with Gasteiger partial charge in [0.05, 0.1) is 0 Å². The molecule has 0 spiro atoms. The molecule has 0 aromatic carbocycles. The van der Waals surface area contributed by atoms with Crippen LogP contribution in [0.25, 0.3) is 0 Å². The predicted octanol–water partition coefficient (Wildman–Crippen LogP) is -4.49. The van der Waals surface area contributed by atoms with Crippen molar-refractivity contribution in [3.05, 3.63) is 0 Å². The summed E-state index contributed by atoms with van der Waals surface area (Å²) < 4.78 is 0. The summed E-state index contributed by atoms with van der Waals surface area (Å²) in [4.78, 5) is 0. The zero-order valence-electron chi connectivity index (χ0n) is 5.83. The Morgan fingerprint density at radius 3 is 1.22 bits per heavy atom. The molecular formula is C5H10CeCl2Si+. The fraction of sp³-hybridized carbons (Fsp3) is 0.600. The first-order valence-corrected chi connectivity index (χ1v) is 5.54. The number of terminal acetylenes is 1. The Hall–Kier alpha value is 1.73. The molecule has 0 heterocycles. The molecule has 0 aliphatic rings. The zero-order valence-corrected chi connectivity index (χ0v) is 11.5. The first kappa shape index (κ1) is 22.4. The van der Waals surface area contributed by atoms with Gasteiger partial charge in [0, 0.05) is 0 Å². The second kappa shape index (κ2) is 9.73. The Morgan fingerprint density at radius 1 is 1.11 bits per heavy atom. The molecule has 1 radical (unpaired) electrons. The van der Waals surface area contributed by atoms with E-state index in [1.165, 1.54) is 0 Å². The molecule has 0 saturated heterocycles. The molecule has 0 saturated carbocycles. The van der Waals surface area contributed by atoms with Crippen LogP contribution in [-0.2, 0) is 0 Å². The topological polar surface area (TPSA) is 0 Å². The Bertz CT molecular complexity index is 81.9. The number of hydrogen-bond donors (Lipinski definition) is 0. The van der Waals surface area contributed by atoms with E-state index in [0.29, 0.717) is 0 Å². The van der Waals surface area contributed by atoms with Crippen molar-refractivity contribution < 1.29 is 66.6 Å². The predicted molar refractivity (Wildman–Crippen MR) is 32.2 cm³/mol. The fourth-order valence-electron chi connectivity index (χ4n) is 0. The third-order valence-electron chi connectivity index (χ3n) is 0.433. The van der Waals surface area contributed by atoms with Crippen LogP contribution in [0.4, 0.5) is 0 Å². The molecular weight excluding hydrogens is 299 g/mol. The van der Waals surface area contributed by atoms with E-state index in [4.69, 9.17) is 6.42 Å². The fourth-order valence-corrected chi connectivity index (χ4v) is 0. The molecule has 0 aliphatic carbocycles. The van der Waals surface area contributed by atoms with Gasteiger partial charge in [0.1, 0.15) is 8.07 Å². The van der Waals surface area contributed by atoms with Crippen molar-refractivity contribution in [3.63, 3.8) is 0 Å². The third kappa shape index (κ3) is 26.0. The van der Waals surface area contributed by atoms with Crippen LogP contribution < -0.4 is 24.8 Å². The summed E-state index contributed by atoms with van der Waals surface area (Å²) in [5.74, 6) is 0. The van der Waals surface area contributed by atoms with Gasteiger partial charge < -0.3 is 24.8 Å². The number of hydrogen-bond acceptors (Lipinski definition) is 0. The van der Waals surface area contributed by atoms with Crippen LogP contribution in [0.3, 0.4) is 0 Å². The average Bonchev–Trinajstić information content (AvgIpc) is 1.35. The summed E-state index contributed by atoms with van der Waals surface area (Å²) in [7, 11) is -1.10. The molecule has 9 heavy (non-hydrogen) atoms. The quantitative estimate of drug-likeness (QED) is 0.313. The van der Waals surface area contributed by atoms with E-state index in [1.807, 2.05) is 0 Å². The largest absolute Gasteiger partial charge is 3.00 e. The van der Waals surface area contributed by atoms with Crippen LogP contribution in [-0.4, -0.2) is 8.07 Å². The molecule has 0 N–H and O–H groups in total. The van der Waals surface area contributed by atoms with Crippen molar-refractivity contribution in [1.29, 1.82) is 0 Å². The molecule has 0 rings (SSSR count).